The van der Waals surface area contributed by atoms with Gasteiger partial charge in [-0.1, -0.05) is 103 Å². The van der Waals surface area contributed by atoms with Crippen molar-refractivity contribution in [3.8, 4) is 0 Å². The summed E-state index contributed by atoms with van der Waals surface area (Å²) < 4.78 is 0. The molecule has 0 radical (unpaired) electrons. The molecule has 0 fully saturated rings. The SMILES string of the molecule is C=CC(=CCCCCCCCCCCCCCCC)C(=O)O. The van der Waals surface area contributed by atoms with Gasteiger partial charge in [0.2, 0.25) is 0 Å². The molecule has 0 aromatic carbocycles. The summed E-state index contributed by atoms with van der Waals surface area (Å²) in [6.45, 7) is 5.78. The fourth-order valence-corrected chi connectivity index (χ4v) is 2.68. The summed E-state index contributed by atoms with van der Waals surface area (Å²) in [5.74, 6) is -0.871. The van der Waals surface area contributed by atoms with Gasteiger partial charge >= 0.3 is 5.97 Å². The van der Waals surface area contributed by atoms with Gasteiger partial charge in [0, 0.05) is 0 Å². The van der Waals surface area contributed by atoms with Gasteiger partial charge in [-0.3, -0.25) is 0 Å². The lowest BCUT2D eigenvalue weighted by Crippen LogP contribution is -1.96. The van der Waals surface area contributed by atoms with Crippen LogP contribution in [-0.2, 0) is 4.79 Å². The minimum Gasteiger partial charge on any atom is -0.478 e. The molecular weight excluding hydrogens is 272 g/mol. The molecule has 0 spiro atoms. The van der Waals surface area contributed by atoms with Crippen LogP contribution in [0.3, 0.4) is 0 Å². The summed E-state index contributed by atoms with van der Waals surface area (Å²) >= 11 is 0. The van der Waals surface area contributed by atoms with E-state index in [1.165, 1.54) is 83.1 Å². The van der Waals surface area contributed by atoms with Gasteiger partial charge in [-0.15, -0.1) is 0 Å². The van der Waals surface area contributed by atoms with Gasteiger partial charge in [0.25, 0.3) is 0 Å². The van der Waals surface area contributed by atoms with Crippen molar-refractivity contribution in [3.05, 3.63) is 24.3 Å². The van der Waals surface area contributed by atoms with Crippen molar-refractivity contribution in [2.24, 2.45) is 0 Å². The average molecular weight is 309 g/mol. The lowest BCUT2D eigenvalue weighted by atomic mass is 10.0. The largest absolute Gasteiger partial charge is 0.478 e. The number of hydrogen-bond acceptors (Lipinski definition) is 1. The van der Waals surface area contributed by atoms with Gasteiger partial charge < -0.3 is 5.11 Å². The van der Waals surface area contributed by atoms with Crippen molar-refractivity contribution in [2.45, 2.75) is 96.8 Å². The maximum atomic E-state index is 10.8. The van der Waals surface area contributed by atoms with Crippen LogP contribution in [0.4, 0.5) is 0 Å². The van der Waals surface area contributed by atoms with Crippen LogP contribution in [0.15, 0.2) is 24.3 Å². The summed E-state index contributed by atoms with van der Waals surface area (Å²) in [5.41, 5.74) is 0.332. The van der Waals surface area contributed by atoms with E-state index in [1.54, 1.807) is 6.08 Å². The van der Waals surface area contributed by atoms with E-state index in [4.69, 9.17) is 5.11 Å². The first-order chi connectivity index (χ1) is 10.7. The Labute approximate surface area is 137 Å². The smallest absolute Gasteiger partial charge is 0.335 e. The first kappa shape index (κ1) is 20.9. The highest BCUT2D eigenvalue weighted by molar-refractivity contribution is 5.89. The Kier molecular flexibility index (Phi) is 15.5. The maximum absolute atomic E-state index is 10.8. The Balaban J connectivity index is 3.24. The third-order valence-electron chi connectivity index (χ3n) is 4.14. The van der Waals surface area contributed by atoms with E-state index in [1.807, 2.05) is 0 Å². The number of aliphatic carboxylic acids is 1. The molecule has 2 nitrogen and oxygen atoms in total. The second-order valence-electron chi connectivity index (χ2n) is 6.20. The summed E-state index contributed by atoms with van der Waals surface area (Å²) in [5, 5.41) is 8.84. The third-order valence-corrected chi connectivity index (χ3v) is 4.14. The minimum atomic E-state index is -0.871. The number of hydrogen-bond donors (Lipinski definition) is 1. The Bertz CT molecular complexity index is 305. The van der Waals surface area contributed by atoms with Crippen LogP contribution in [0, 0.1) is 0 Å². The fourth-order valence-electron chi connectivity index (χ4n) is 2.68. The standard InChI is InChI=1S/C20H36O2/c1-3-5-6-7-8-9-10-11-12-13-14-15-16-17-18-19(4-2)20(21)22/h4,18H,2-3,5-17H2,1H3,(H,21,22). The zero-order valence-electron chi connectivity index (χ0n) is 14.6. The van der Waals surface area contributed by atoms with E-state index in [9.17, 15) is 4.79 Å². The first-order valence-corrected chi connectivity index (χ1v) is 9.28. The van der Waals surface area contributed by atoms with Crippen LogP contribution in [0.25, 0.3) is 0 Å². The van der Waals surface area contributed by atoms with Gasteiger partial charge in [0.1, 0.15) is 0 Å². The van der Waals surface area contributed by atoms with Gasteiger partial charge in [-0.05, 0) is 12.8 Å². The monoisotopic (exact) mass is 308 g/mol. The second-order valence-corrected chi connectivity index (χ2v) is 6.20. The van der Waals surface area contributed by atoms with Crippen molar-refractivity contribution in [1.29, 1.82) is 0 Å². The van der Waals surface area contributed by atoms with E-state index in [-0.39, 0.29) is 0 Å². The van der Waals surface area contributed by atoms with Crippen molar-refractivity contribution in [1.82, 2.24) is 0 Å². The zero-order chi connectivity index (χ0) is 16.5. The lowest BCUT2D eigenvalue weighted by molar-refractivity contribution is -0.132. The van der Waals surface area contributed by atoms with Crippen LogP contribution in [0.5, 0.6) is 0 Å². The van der Waals surface area contributed by atoms with Crippen molar-refractivity contribution >= 4 is 5.97 Å². The molecule has 0 atom stereocenters. The highest BCUT2D eigenvalue weighted by Crippen LogP contribution is 2.13. The van der Waals surface area contributed by atoms with E-state index < -0.39 is 5.97 Å². The number of carbonyl (C=O) groups is 1. The molecule has 0 rings (SSSR count). The minimum absolute atomic E-state index is 0.332. The predicted octanol–water partition coefficient (Wildman–Crippen LogP) is 6.66. The molecule has 0 saturated heterocycles. The molecule has 0 bridgehead atoms. The van der Waals surface area contributed by atoms with Crippen LogP contribution in [0.1, 0.15) is 96.8 Å². The first-order valence-electron chi connectivity index (χ1n) is 9.28. The Morgan fingerprint density at radius 3 is 1.59 bits per heavy atom. The topological polar surface area (TPSA) is 37.3 Å². The quantitative estimate of drug-likeness (QED) is 0.196. The van der Waals surface area contributed by atoms with Crippen molar-refractivity contribution in [2.75, 3.05) is 0 Å². The average Bonchev–Trinajstić information content (AvgIpc) is 2.51. The molecule has 1 N–H and O–H groups in total. The number of carboxylic acids is 1. The highest BCUT2D eigenvalue weighted by atomic mass is 16.4. The van der Waals surface area contributed by atoms with E-state index in [0.29, 0.717) is 5.57 Å². The number of carboxylic acid groups (broad SMARTS) is 1. The molecule has 0 aromatic heterocycles. The zero-order valence-corrected chi connectivity index (χ0v) is 14.6. The Morgan fingerprint density at radius 2 is 1.23 bits per heavy atom. The van der Waals surface area contributed by atoms with Gasteiger partial charge in [0.15, 0.2) is 0 Å². The molecule has 0 aliphatic carbocycles. The predicted molar refractivity (Wildman–Crippen MR) is 96.2 cm³/mol. The fraction of sp³-hybridized carbons (Fsp3) is 0.750. The van der Waals surface area contributed by atoms with Crippen LogP contribution in [-0.4, -0.2) is 11.1 Å². The molecule has 0 amide bonds. The number of unbranched alkanes of at least 4 members (excludes halogenated alkanes) is 13. The molecule has 0 saturated carbocycles. The molecule has 128 valence electrons. The van der Waals surface area contributed by atoms with Gasteiger partial charge in [-0.2, -0.15) is 0 Å². The molecule has 0 unspecified atom stereocenters. The Hall–Kier alpha value is -1.05. The van der Waals surface area contributed by atoms with E-state index in [2.05, 4.69) is 13.5 Å². The second kappa shape index (κ2) is 16.3. The summed E-state index contributed by atoms with van der Waals surface area (Å²) in [6.07, 6.45) is 21.5. The number of rotatable bonds is 16. The van der Waals surface area contributed by atoms with Crippen molar-refractivity contribution < 1.29 is 9.90 Å². The van der Waals surface area contributed by atoms with Gasteiger partial charge in [-0.25, -0.2) is 4.79 Å². The molecular formula is C20H36O2. The molecule has 0 aliphatic heterocycles. The summed E-state index contributed by atoms with van der Waals surface area (Å²) in [4.78, 5) is 10.8. The number of allylic oxidation sites excluding steroid dienone is 1. The maximum Gasteiger partial charge on any atom is 0.335 e. The van der Waals surface area contributed by atoms with Gasteiger partial charge in [0.05, 0.1) is 5.57 Å². The lowest BCUT2D eigenvalue weighted by Gasteiger charge is -2.02. The third kappa shape index (κ3) is 13.9. The van der Waals surface area contributed by atoms with Crippen LogP contribution < -0.4 is 0 Å². The normalized spacial score (nSPS) is 11.6. The van der Waals surface area contributed by atoms with E-state index in [0.717, 1.165) is 12.8 Å². The highest BCUT2D eigenvalue weighted by Gasteiger charge is 2.00. The van der Waals surface area contributed by atoms with Crippen molar-refractivity contribution in [3.63, 3.8) is 0 Å². The van der Waals surface area contributed by atoms with Crippen LogP contribution in [0.2, 0.25) is 0 Å². The molecule has 22 heavy (non-hydrogen) atoms. The Morgan fingerprint density at radius 1 is 0.818 bits per heavy atom. The molecule has 0 heterocycles. The summed E-state index contributed by atoms with van der Waals surface area (Å²) in [6, 6.07) is 0. The molecule has 2 heteroatoms. The molecule has 0 aromatic rings. The van der Waals surface area contributed by atoms with Crippen LogP contribution >= 0.6 is 0 Å². The summed E-state index contributed by atoms with van der Waals surface area (Å²) in [7, 11) is 0. The van der Waals surface area contributed by atoms with E-state index >= 15 is 0 Å². The molecule has 0 aliphatic rings.